The van der Waals surface area contributed by atoms with Gasteiger partial charge in [-0.2, -0.15) is 0 Å². The lowest BCUT2D eigenvalue weighted by Crippen LogP contribution is -2.32. The molecule has 2 N–H and O–H groups in total. The van der Waals surface area contributed by atoms with Gasteiger partial charge in [0.2, 0.25) is 5.91 Å². The van der Waals surface area contributed by atoms with Crippen LogP contribution in [0.25, 0.3) is 5.70 Å². The molecule has 0 heterocycles. The van der Waals surface area contributed by atoms with Gasteiger partial charge in [-0.3, -0.25) is 4.79 Å². The zero-order chi connectivity index (χ0) is 15.1. The van der Waals surface area contributed by atoms with Crippen LogP contribution in [0.3, 0.4) is 0 Å². The maximum Gasteiger partial charge on any atom is 0.223 e. The molecule has 20 heavy (non-hydrogen) atoms. The third-order valence-corrected chi connectivity index (χ3v) is 3.24. The van der Waals surface area contributed by atoms with Gasteiger partial charge in [0.15, 0.2) is 0 Å². The lowest BCUT2D eigenvalue weighted by atomic mass is 10.1. The van der Waals surface area contributed by atoms with E-state index in [0.29, 0.717) is 0 Å². The van der Waals surface area contributed by atoms with Crippen molar-refractivity contribution < 1.29 is 4.79 Å². The lowest BCUT2D eigenvalue weighted by Gasteiger charge is -2.24. The molecule has 110 valence electrons. The molecule has 4 heteroatoms. The highest BCUT2D eigenvalue weighted by Crippen LogP contribution is 2.22. The number of hydrogen-bond acceptors (Lipinski definition) is 3. The van der Waals surface area contributed by atoms with E-state index in [9.17, 15) is 4.79 Å². The number of rotatable bonds is 6. The molecule has 0 radical (unpaired) electrons. The third kappa shape index (κ3) is 4.10. The zero-order valence-electron chi connectivity index (χ0n) is 13.1. The summed E-state index contributed by atoms with van der Waals surface area (Å²) in [5.74, 6) is 0.0379. The fraction of sp³-hybridized carbons (Fsp3) is 0.438. The van der Waals surface area contributed by atoms with Crippen molar-refractivity contribution in [3.8, 4) is 0 Å². The molecule has 0 saturated heterocycles. The molecule has 0 spiro atoms. The number of carbonyl (C=O) groups excluding carboxylic acids is 1. The van der Waals surface area contributed by atoms with Crippen LogP contribution in [0.2, 0.25) is 0 Å². The number of aryl methyl sites for hydroxylation is 1. The van der Waals surface area contributed by atoms with E-state index in [1.54, 1.807) is 11.8 Å². The van der Waals surface area contributed by atoms with Gasteiger partial charge in [0, 0.05) is 32.3 Å². The quantitative estimate of drug-likeness (QED) is 0.785. The molecule has 0 bridgehead atoms. The first-order valence-electron chi connectivity index (χ1n) is 6.98. The van der Waals surface area contributed by atoms with Gasteiger partial charge in [-0.15, -0.1) is 0 Å². The minimum Gasteiger partial charge on any atom is -0.320 e. The first-order valence-corrected chi connectivity index (χ1v) is 6.98. The Morgan fingerprint density at radius 1 is 1.25 bits per heavy atom. The van der Waals surface area contributed by atoms with E-state index in [1.165, 1.54) is 5.56 Å². The van der Waals surface area contributed by atoms with E-state index in [-0.39, 0.29) is 5.91 Å². The smallest absolute Gasteiger partial charge is 0.223 e. The fourth-order valence-corrected chi connectivity index (χ4v) is 2.04. The summed E-state index contributed by atoms with van der Waals surface area (Å²) < 4.78 is 0. The van der Waals surface area contributed by atoms with Crippen molar-refractivity contribution in [2.45, 2.75) is 33.6 Å². The molecule has 0 unspecified atom stereocenters. The lowest BCUT2D eigenvalue weighted by molar-refractivity contribution is -0.125. The molecule has 0 aliphatic heterocycles. The Balaban J connectivity index is 3.32. The molecular formula is C16H25N3O. The first kappa shape index (κ1) is 16.2. The summed E-state index contributed by atoms with van der Waals surface area (Å²) in [7, 11) is 3.64. The largest absolute Gasteiger partial charge is 0.320 e. The Morgan fingerprint density at radius 3 is 2.30 bits per heavy atom. The topological polar surface area (TPSA) is 44.4 Å². The van der Waals surface area contributed by atoms with Crippen LogP contribution in [0.15, 0.2) is 30.0 Å². The van der Waals surface area contributed by atoms with Gasteiger partial charge in [0.05, 0.1) is 5.70 Å². The van der Waals surface area contributed by atoms with Crippen LogP contribution in [-0.2, 0) is 4.79 Å². The first-order chi connectivity index (χ1) is 9.51. The van der Waals surface area contributed by atoms with Crippen LogP contribution in [0.5, 0.6) is 0 Å². The number of amides is 1. The second kappa shape index (κ2) is 7.70. The normalized spacial score (nSPS) is 11.8. The number of hydrazine groups is 1. The molecule has 1 amide bonds. The summed E-state index contributed by atoms with van der Waals surface area (Å²) in [5, 5.41) is 0. The highest BCUT2D eigenvalue weighted by Gasteiger charge is 2.15. The average Bonchev–Trinajstić information content (AvgIpc) is 2.43. The van der Waals surface area contributed by atoms with Crippen LogP contribution in [-0.4, -0.2) is 24.9 Å². The summed E-state index contributed by atoms with van der Waals surface area (Å²) in [6.07, 6.45) is 1.82. The molecule has 0 saturated carbocycles. The zero-order valence-corrected chi connectivity index (χ0v) is 13.1. The highest BCUT2D eigenvalue weighted by atomic mass is 16.2. The van der Waals surface area contributed by atoms with E-state index < -0.39 is 0 Å². The Morgan fingerprint density at radius 2 is 1.85 bits per heavy atom. The summed E-state index contributed by atoms with van der Waals surface area (Å²) in [4.78, 5) is 13.4. The van der Waals surface area contributed by atoms with E-state index in [4.69, 9.17) is 0 Å². The predicted molar refractivity (Wildman–Crippen MR) is 83.6 cm³/mol. The Bertz CT molecular complexity index is 477. The van der Waals surface area contributed by atoms with E-state index in [1.807, 2.05) is 14.1 Å². The van der Waals surface area contributed by atoms with Crippen LogP contribution >= 0.6 is 0 Å². The van der Waals surface area contributed by atoms with Crippen molar-refractivity contribution in [1.29, 1.82) is 0 Å². The molecular weight excluding hydrogens is 250 g/mol. The van der Waals surface area contributed by atoms with Crippen molar-refractivity contribution in [2.75, 3.05) is 14.1 Å². The molecule has 1 aromatic carbocycles. The summed E-state index contributed by atoms with van der Waals surface area (Å²) in [5.41, 5.74) is 10.4. The fourth-order valence-electron chi connectivity index (χ4n) is 2.04. The van der Waals surface area contributed by atoms with Crippen LogP contribution in [0.1, 0.15) is 37.8 Å². The number of nitrogens with zero attached hydrogens (tertiary/aromatic N) is 1. The van der Waals surface area contributed by atoms with Gasteiger partial charge in [-0.1, -0.05) is 43.2 Å². The summed E-state index contributed by atoms with van der Waals surface area (Å²) in [6.45, 7) is 5.76. The number of benzene rings is 1. The molecule has 0 fully saturated rings. The van der Waals surface area contributed by atoms with Crippen molar-refractivity contribution in [1.82, 2.24) is 15.8 Å². The Kier molecular flexibility index (Phi) is 6.25. The van der Waals surface area contributed by atoms with Gasteiger partial charge < -0.3 is 10.3 Å². The second-order valence-corrected chi connectivity index (χ2v) is 4.89. The standard InChI is InChI=1S/C16H25N3O/c1-6-7-15(19(5)13(3)20)16(18-17-4)14-10-8-12(2)9-11-14/h8-11,17-18H,6-7H2,1-5H3/b16-15+. The van der Waals surface area contributed by atoms with Gasteiger partial charge in [0.1, 0.15) is 0 Å². The molecule has 0 aromatic heterocycles. The van der Waals surface area contributed by atoms with Gasteiger partial charge in [-0.05, 0) is 13.3 Å². The third-order valence-electron chi connectivity index (χ3n) is 3.24. The van der Waals surface area contributed by atoms with Crippen molar-refractivity contribution >= 4 is 11.6 Å². The maximum absolute atomic E-state index is 11.7. The van der Waals surface area contributed by atoms with Gasteiger partial charge >= 0.3 is 0 Å². The van der Waals surface area contributed by atoms with E-state index in [2.05, 4.69) is 49.0 Å². The molecule has 1 aromatic rings. The van der Waals surface area contributed by atoms with Crippen LogP contribution in [0, 0.1) is 6.92 Å². The Hall–Kier alpha value is -1.81. The minimum atomic E-state index is 0.0379. The minimum absolute atomic E-state index is 0.0379. The summed E-state index contributed by atoms with van der Waals surface area (Å²) in [6, 6.07) is 8.28. The van der Waals surface area contributed by atoms with Crippen molar-refractivity contribution in [2.24, 2.45) is 0 Å². The summed E-state index contributed by atoms with van der Waals surface area (Å²) >= 11 is 0. The molecule has 0 aliphatic carbocycles. The van der Waals surface area contributed by atoms with Gasteiger partial charge in [0.25, 0.3) is 0 Å². The van der Waals surface area contributed by atoms with E-state index >= 15 is 0 Å². The molecule has 0 atom stereocenters. The number of allylic oxidation sites excluding steroid dienone is 1. The highest BCUT2D eigenvalue weighted by molar-refractivity contribution is 5.78. The predicted octanol–water partition coefficient (Wildman–Crippen LogP) is 2.67. The number of hydrogen-bond donors (Lipinski definition) is 2. The monoisotopic (exact) mass is 275 g/mol. The van der Waals surface area contributed by atoms with E-state index in [0.717, 1.165) is 29.8 Å². The number of nitrogens with one attached hydrogen (secondary N) is 2. The van der Waals surface area contributed by atoms with Crippen LogP contribution in [0.4, 0.5) is 0 Å². The van der Waals surface area contributed by atoms with Crippen LogP contribution < -0.4 is 10.9 Å². The molecule has 4 nitrogen and oxygen atoms in total. The SMILES string of the molecule is CCC/C(=C(\NNC)c1ccc(C)cc1)N(C)C(C)=O. The van der Waals surface area contributed by atoms with Gasteiger partial charge in [-0.25, -0.2) is 5.43 Å². The number of carbonyl (C=O) groups is 1. The Labute approximate surface area is 121 Å². The van der Waals surface area contributed by atoms with Crippen molar-refractivity contribution in [3.05, 3.63) is 41.1 Å². The van der Waals surface area contributed by atoms with Crippen molar-refractivity contribution in [3.63, 3.8) is 0 Å². The average molecular weight is 275 g/mol. The molecule has 1 rings (SSSR count). The second-order valence-electron chi connectivity index (χ2n) is 4.89. The molecule has 0 aliphatic rings. The maximum atomic E-state index is 11.7.